The Hall–Kier alpha value is -1.89. The minimum absolute atomic E-state index is 0.267. The fourth-order valence-electron chi connectivity index (χ4n) is 1.56. The number of benzene rings is 1. The minimum Gasteiger partial charge on any atom is -0.493 e. The molecule has 1 aromatic heterocycles. The maximum absolute atomic E-state index is 10.8. The molecule has 100 valence electrons. The van der Waals surface area contributed by atoms with Gasteiger partial charge in [0.15, 0.2) is 11.5 Å². The molecule has 7 heteroatoms. The molecule has 2 aromatic rings. The standard InChI is InChI=1S/C12H12BrN3O3/c1-16-5-9(14-15-16)7-19-12-10(13)3-8(6-17)4-11(12)18-2/h3-6H,7H2,1-2H3. The van der Waals surface area contributed by atoms with Crippen LogP contribution in [0.25, 0.3) is 0 Å². The van der Waals surface area contributed by atoms with Gasteiger partial charge in [0, 0.05) is 12.6 Å². The van der Waals surface area contributed by atoms with Gasteiger partial charge in [-0.25, -0.2) is 0 Å². The molecule has 0 unspecified atom stereocenters. The molecular weight excluding hydrogens is 314 g/mol. The predicted octanol–water partition coefficient (Wildman–Crippen LogP) is 1.98. The van der Waals surface area contributed by atoms with Crippen LogP contribution in [0.1, 0.15) is 16.1 Å². The van der Waals surface area contributed by atoms with Crippen molar-refractivity contribution in [1.29, 1.82) is 0 Å². The Morgan fingerprint density at radius 2 is 2.26 bits per heavy atom. The number of carbonyl (C=O) groups excluding carboxylic acids is 1. The molecule has 0 atom stereocenters. The van der Waals surface area contributed by atoms with E-state index in [1.54, 1.807) is 30.1 Å². The smallest absolute Gasteiger partial charge is 0.175 e. The van der Waals surface area contributed by atoms with Crippen LogP contribution in [0.4, 0.5) is 0 Å². The van der Waals surface area contributed by atoms with Crippen LogP contribution in [-0.2, 0) is 13.7 Å². The zero-order chi connectivity index (χ0) is 13.8. The van der Waals surface area contributed by atoms with Crippen molar-refractivity contribution in [2.45, 2.75) is 6.61 Å². The number of ether oxygens (including phenoxy) is 2. The van der Waals surface area contributed by atoms with E-state index in [1.807, 2.05) is 0 Å². The highest BCUT2D eigenvalue weighted by Gasteiger charge is 2.12. The maximum atomic E-state index is 10.8. The van der Waals surface area contributed by atoms with E-state index in [2.05, 4.69) is 26.2 Å². The van der Waals surface area contributed by atoms with Gasteiger partial charge in [0.25, 0.3) is 0 Å². The number of nitrogens with zero attached hydrogens (tertiary/aromatic N) is 3. The van der Waals surface area contributed by atoms with E-state index in [4.69, 9.17) is 9.47 Å². The summed E-state index contributed by atoms with van der Waals surface area (Å²) in [5.41, 5.74) is 1.21. The van der Waals surface area contributed by atoms with E-state index in [-0.39, 0.29) is 6.61 Å². The summed E-state index contributed by atoms with van der Waals surface area (Å²) in [6, 6.07) is 3.28. The lowest BCUT2D eigenvalue weighted by Crippen LogP contribution is -2.00. The second-order valence-corrected chi connectivity index (χ2v) is 4.68. The molecule has 19 heavy (non-hydrogen) atoms. The molecule has 1 heterocycles. The van der Waals surface area contributed by atoms with Crippen LogP contribution in [-0.4, -0.2) is 28.4 Å². The third kappa shape index (κ3) is 3.11. The monoisotopic (exact) mass is 325 g/mol. The number of rotatable bonds is 5. The van der Waals surface area contributed by atoms with Crippen LogP contribution in [0, 0.1) is 0 Å². The van der Waals surface area contributed by atoms with Crippen molar-refractivity contribution in [3.8, 4) is 11.5 Å². The van der Waals surface area contributed by atoms with Crippen LogP contribution in [0.2, 0.25) is 0 Å². The molecule has 0 radical (unpaired) electrons. The Morgan fingerprint density at radius 3 is 2.84 bits per heavy atom. The number of aromatic nitrogens is 3. The third-order valence-electron chi connectivity index (χ3n) is 2.40. The SMILES string of the molecule is COc1cc(C=O)cc(Br)c1OCc1cn(C)nn1. The lowest BCUT2D eigenvalue weighted by atomic mass is 10.2. The molecule has 1 aromatic carbocycles. The zero-order valence-corrected chi connectivity index (χ0v) is 12.0. The molecule has 0 aliphatic heterocycles. The molecule has 0 aliphatic rings. The Balaban J connectivity index is 2.21. The van der Waals surface area contributed by atoms with Gasteiger partial charge in [-0.15, -0.1) is 5.10 Å². The molecule has 0 saturated heterocycles. The molecule has 2 rings (SSSR count). The van der Waals surface area contributed by atoms with E-state index < -0.39 is 0 Å². The van der Waals surface area contributed by atoms with Crippen molar-refractivity contribution in [2.24, 2.45) is 7.05 Å². The number of carbonyl (C=O) groups is 1. The molecule has 6 nitrogen and oxygen atoms in total. The lowest BCUT2D eigenvalue weighted by molar-refractivity contribution is 0.112. The Kier molecular flexibility index (Phi) is 4.16. The van der Waals surface area contributed by atoms with Gasteiger partial charge in [0.2, 0.25) is 0 Å². The van der Waals surface area contributed by atoms with Crippen molar-refractivity contribution in [3.63, 3.8) is 0 Å². The van der Waals surface area contributed by atoms with Gasteiger partial charge in [0.05, 0.1) is 17.8 Å². The van der Waals surface area contributed by atoms with Gasteiger partial charge in [-0.2, -0.15) is 0 Å². The molecule has 0 spiro atoms. The molecule has 0 amide bonds. The van der Waals surface area contributed by atoms with E-state index in [0.717, 1.165) is 6.29 Å². The number of methoxy groups -OCH3 is 1. The first-order valence-corrected chi connectivity index (χ1v) is 6.24. The van der Waals surface area contributed by atoms with E-state index in [9.17, 15) is 4.79 Å². The van der Waals surface area contributed by atoms with E-state index in [1.165, 1.54) is 7.11 Å². The highest BCUT2D eigenvalue weighted by molar-refractivity contribution is 9.10. The molecule has 0 aliphatic carbocycles. The Bertz CT molecular complexity index is 598. The molecular formula is C12H12BrN3O3. The summed E-state index contributed by atoms with van der Waals surface area (Å²) in [4.78, 5) is 10.8. The topological polar surface area (TPSA) is 66.2 Å². The van der Waals surface area contributed by atoms with Crippen LogP contribution in [0.15, 0.2) is 22.8 Å². The maximum Gasteiger partial charge on any atom is 0.175 e. The summed E-state index contributed by atoms with van der Waals surface area (Å²) in [5.74, 6) is 1.01. The average molecular weight is 326 g/mol. The van der Waals surface area contributed by atoms with Crippen molar-refractivity contribution in [1.82, 2.24) is 15.0 Å². The third-order valence-corrected chi connectivity index (χ3v) is 2.99. The largest absolute Gasteiger partial charge is 0.493 e. The van der Waals surface area contributed by atoms with E-state index >= 15 is 0 Å². The van der Waals surface area contributed by atoms with Gasteiger partial charge in [-0.3, -0.25) is 9.48 Å². The van der Waals surface area contributed by atoms with Crippen molar-refractivity contribution >= 4 is 22.2 Å². The quantitative estimate of drug-likeness (QED) is 0.786. The van der Waals surface area contributed by atoms with Crippen LogP contribution >= 0.6 is 15.9 Å². The fourth-order valence-corrected chi connectivity index (χ4v) is 2.13. The number of aryl methyl sites for hydroxylation is 1. The summed E-state index contributed by atoms with van der Waals surface area (Å²) in [7, 11) is 3.30. The molecule has 0 N–H and O–H groups in total. The zero-order valence-electron chi connectivity index (χ0n) is 10.5. The summed E-state index contributed by atoms with van der Waals surface area (Å²) < 4.78 is 13.1. The van der Waals surface area contributed by atoms with Gasteiger partial charge >= 0.3 is 0 Å². The highest BCUT2D eigenvalue weighted by atomic mass is 79.9. The summed E-state index contributed by atoms with van der Waals surface area (Å²) in [5, 5.41) is 7.74. The van der Waals surface area contributed by atoms with Crippen LogP contribution in [0.3, 0.4) is 0 Å². The minimum atomic E-state index is 0.267. The summed E-state index contributed by atoms with van der Waals surface area (Å²) in [6.45, 7) is 0.267. The average Bonchev–Trinajstić information content (AvgIpc) is 2.82. The molecule has 0 bridgehead atoms. The Labute approximate surface area is 118 Å². The predicted molar refractivity (Wildman–Crippen MR) is 71.4 cm³/mol. The van der Waals surface area contributed by atoms with Crippen LogP contribution < -0.4 is 9.47 Å². The van der Waals surface area contributed by atoms with Crippen molar-refractivity contribution < 1.29 is 14.3 Å². The number of aldehydes is 1. The first-order valence-electron chi connectivity index (χ1n) is 5.44. The number of hydrogen-bond donors (Lipinski definition) is 0. The normalized spacial score (nSPS) is 10.3. The fraction of sp³-hybridized carbons (Fsp3) is 0.250. The van der Waals surface area contributed by atoms with E-state index in [0.29, 0.717) is 27.2 Å². The molecule has 0 saturated carbocycles. The van der Waals surface area contributed by atoms with Gasteiger partial charge in [-0.05, 0) is 28.1 Å². The van der Waals surface area contributed by atoms with Crippen molar-refractivity contribution in [2.75, 3.05) is 7.11 Å². The van der Waals surface area contributed by atoms with Gasteiger partial charge < -0.3 is 9.47 Å². The van der Waals surface area contributed by atoms with Gasteiger partial charge in [0.1, 0.15) is 18.6 Å². The first-order chi connectivity index (χ1) is 9.13. The lowest BCUT2D eigenvalue weighted by Gasteiger charge is -2.12. The van der Waals surface area contributed by atoms with Crippen molar-refractivity contribution in [3.05, 3.63) is 34.1 Å². The Morgan fingerprint density at radius 1 is 1.47 bits per heavy atom. The van der Waals surface area contributed by atoms with Gasteiger partial charge in [-0.1, -0.05) is 5.21 Å². The summed E-state index contributed by atoms with van der Waals surface area (Å²) >= 11 is 3.35. The highest BCUT2D eigenvalue weighted by Crippen LogP contribution is 2.36. The summed E-state index contributed by atoms with van der Waals surface area (Å²) in [6.07, 6.45) is 2.51. The molecule has 0 fully saturated rings. The number of halogens is 1. The first kappa shape index (κ1) is 13.5. The second-order valence-electron chi connectivity index (χ2n) is 3.82. The second kappa shape index (κ2) is 5.83. The van der Waals surface area contributed by atoms with Crippen LogP contribution in [0.5, 0.6) is 11.5 Å². The number of hydrogen-bond acceptors (Lipinski definition) is 5.